The number of hydrogen-bond acceptors (Lipinski definition) is 3. The van der Waals surface area contributed by atoms with E-state index in [1.54, 1.807) is 13.2 Å². The smallest absolute Gasteiger partial charge is 0.265 e. The van der Waals surface area contributed by atoms with Crippen LogP contribution in [-0.4, -0.2) is 12.1 Å². The molecule has 0 saturated heterocycles. The summed E-state index contributed by atoms with van der Waals surface area (Å²) in [5.74, 6) is 1.94. The predicted molar refractivity (Wildman–Crippen MR) is 90.4 cm³/mol. The van der Waals surface area contributed by atoms with E-state index in [4.69, 9.17) is 9.47 Å². The molecule has 0 aliphatic rings. The van der Waals surface area contributed by atoms with E-state index in [2.05, 4.69) is 4.98 Å². The number of methoxy groups -OCH3 is 1. The van der Waals surface area contributed by atoms with Crippen LogP contribution < -0.4 is 15.0 Å². The molecule has 0 atom stereocenters. The van der Waals surface area contributed by atoms with Gasteiger partial charge in [0.1, 0.15) is 15.1 Å². The summed E-state index contributed by atoms with van der Waals surface area (Å²) in [6.45, 7) is 0. The summed E-state index contributed by atoms with van der Waals surface area (Å²) in [5, 5.41) is 0.837. The Morgan fingerprint density at radius 1 is 1.05 bits per heavy atom. The van der Waals surface area contributed by atoms with Gasteiger partial charge in [0, 0.05) is 11.5 Å². The highest BCUT2D eigenvalue weighted by molar-refractivity contribution is 14.1. The highest BCUT2D eigenvalue weighted by Crippen LogP contribution is 2.33. The van der Waals surface area contributed by atoms with Crippen LogP contribution >= 0.6 is 22.6 Å². The third-order valence-corrected chi connectivity index (χ3v) is 4.06. The van der Waals surface area contributed by atoms with Gasteiger partial charge in [-0.25, -0.2) is 0 Å². The minimum absolute atomic E-state index is 0.178. The van der Waals surface area contributed by atoms with E-state index in [9.17, 15) is 4.79 Å². The number of hydrogen-bond donors (Lipinski definition) is 1. The average molecular weight is 393 g/mol. The molecule has 21 heavy (non-hydrogen) atoms. The zero-order valence-electron chi connectivity index (χ0n) is 11.2. The molecule has 0 spiro atoms. The van der Waals surface area contributed by atoms with Crippen molar-refractivity contribution in [3.63, 3.8) is 0 Å². The Morgan fingerprint density at radius 3 is 2.52 bits per heavy atom. The van der Waals surface area contributed by atoms with Gasteiger partial charge in [0.2, 0.25) is 0 Å². The molecule has 0 aliphatic heterocycles. The van der Waals surface area contributed by atoms with Gasteiger partial charge >= 0.3 is 0 Å². The highest BCUT2D eigenvalue weighted by atomic mass is 127. The van der Waals surface area contributed by atoms with Crippen molar-refractivity contribution in [2.24, 2.45) is 0 Å². The molecule has 1 heterocycles. The number of para-hydroxylation sites is 1. The molecule has 3 aromatic rings. The van der Waals surface area contributed by atoms with Crippen molar-refractivity contribution in [1.82, 2.24) is 4.98 Å². The van der Waals surface area contributed by atoms with Gasteiger partial charge in [-0.2, -0.15) is 0 Å². The number of fused-ring (bicyclic) bond motifs is 1. The molecule has 106 valence electrons. The van der Waals surface area contributed by atoms with Crippen molar-refractivity contribution in [3.8, 4) is 17.2 Å². The number of pyridine rings is 1. The Labute approximate surface area is 134 Å². The van der Waals surface area contributed by atoms with E-state index in [-0.39, 0.29) is 5.56 Å². The normalized spacial score (nSPS) is 10.6. The van der Waals surface area contributed by atoms with E-state index in [1.165, 1.54) is 0 Å². The lowest BCUT2D eigenvalue weighted by Crippen LogP contribution is -2.11. The predicted octanol–water partition coefficient (Wildman–Crippen LogP) is 3.93. The molecular formula is C16H12INO3. The number of rotatable bonds is 3. The lowest BCUT2D eigenvalue weighted by molar-refractivity contribution is 0.415. The number of ether oxygens (including phenoxy) is 2. The maximum Gasteiger partial charge on any atom is 0.265 e. The largest absolute Gasteiger partial charge is 0.497 e. The number of halogens is 1. The zero-order chi connectivity index (χ0) is 14.8. The quantitative estimate of drug-likeness (QED) is 0.687. The Bertz CT molecular complexity index is 843. The number of H-pyrrole nitrogens is 1. The molecule has 3 rings (SSSR count). The molecule has 0 bridgehead atoms. The summed E-state index contributed by atoms with van der Waals surface area (Å²) in [6.07, 6.45) is 0. The number of aromatic nitrogens is 1. The van der Waals surface area contributed by atoms with Crippen molar-refractivity contribution >= 4 is 33.5 Å². The van der Waals surface area contributed by atoms with E-state index in [1.807, 2.05) is 65.1 Å². The van der Waals surface area contributed by atoms with Crippen LogP contribution in [0.25, 0.3) is 10.9 Å². The molecule has 0 saturated carbocycles. The van der Waals surface area contributed by atoms with E-state index in [0.717, 1.165) is 5.39 Å². The topological polar surface area (TPSA) is 51.3 Å². The summed E-state index contributed by atoms with van der Waals surface area (Å²) >= 11 is 2.00. The molecule has 0 fully saturated rings. The van der Waals surface area contributed by atoms with E-state index >= 15 is 0 Å². The Morgan fingerprint density at radius 2 is 1.81 bits per heavy atom. The van der Waals surface area contributed by atoms with E-state index < -0.39 is 0 Å². The minimum atomic E-state index is -0.178. The SMILES string of the molecule is COc1ccc2c(Oc3ccccc3)c(I)c(=O)[nH]c2c1. The first kappa shape index (κ1) is 13.9. The molecule has 0 radical (unpaired) electrons. The maximum absolute atomic E-state index is 12.1. The van der Waals surface area contributed by atoms with Gasteiger partial charge in [-0.1, -0.05) is 18.2 Å². The van der Waals surface area contributed by atoms with Crippen molar-refractivity contribution in [1.29, 1.82) is 0 Å². The fraction of sp³-hybridized carbons (Fsp3) is 0.0625. The molecule has 0 amide bonds. The fourth-order valence-corrected chi connectivity index (χ4v) is 2.59. The van der Waals surface area contributed by atoms with Crippen LogP contribution in [0.2, 0.25) is 0 Å². The fourth-order valence-electron chi connectivity index (χ4n) is 2.06. The average Bonchev–Trinajstić information content (AvgIpc) is 2.52. The van der Waals surface area contributed by atoms with E-state index in [0.29, 0.717) is 26.3 Å². The first-order chi connectivity index (χ1) is 10.2. The van der Waals surface area contributed by atoms with Crippen LogP contribution in [0, 0.1) is 3.57 Å². The molecule has 4 nitrogen and oxygen atoms in total. The first-order valence-electron chi connectivity index (χ1n) is 6.31. The summed E-state index contributed by atoms with van der Waals surface area (Å²) in [7, 11) is 1.59. The lowest BCUT2D eigenvalue weighted by atomic mass is 10.2. The molecule has 1 aromatic heterocycles. The summed E-state index contributed by atoms with van der Waals surface area (Å²) in [6, 6.07) is 14.9. The summed E-state index contributed by atoms with van der Waals surface area (Å²) in [5.41, 5.74) is 0.507. The van der Waals surface area contributed by atoms with Gasteiger partial charge in [0.25, 0.3) is 5.56 Å². The highest BCUT2D eigenvalue weighted by Gasteiger charge is 2.13. The summed E-state index contributed by atoms with van der Waals surface area (Å²) in [4.78, 5) is 14.9. The molecule has 5 heteroatoms. The van der Waals surface area contributed by atoms with Crippen LogP contribution in [0.1, 0.15) is 0 Å². The first-order valence-corrected chi connectivity index (χ1v) is 7.39. The second-order valence-electron chi connectivity index (χ2n) is 4.42. The lowest BCUT2D eigenvalue weighted by Gasteiger charge is -2.11. The molecular weight excluding hydrogens is 381 g/mol. The van der Waals surface area contributed by atoms with Crippen LogP contribution in [0.5, 0.6) is 17.2 Å². The van der Waals surface area contributed by atoms with Crippen molar-refractivity contribution in [2.75, 3.05) is 7.11 Å². The van der Waals surface area contributed by atoms with Gasteiger partial charge < -0.3 is 14.5 Å². The Hall–Kier alpha value is -2.02. The Kier molecular flexibility index (Phi) is 3.83. The second kappa shape index (κ2) is 5.77. The van der Waals surface area contributed by atoms with Crippen LogP contribution in [0.3, 0.4) is 0 Å². The van der Waals surface area contributed by atoms with Crippen LogP contribution in [-0.2, 0) is 0 Å². The van der Waals surface area contributed by atoms with Gasteiger partial charge in [-0.15, -0.1) is 0 Å². The van der Waals surface area contributed by atoms with Crippen molar-refractivity contribution < 1.29 is 9.47 Å². The standard InChI is InChI=1S/C16H12INO3/c1-20-11-7-8-12-13(9-11)18-16(19)14(17)15(12)21-10-5-3-2-4-6-10/h2-9H,1H3,(H,18,19). The molecule has 0 unspecified atom stereocenters. The monoisotopic (exact) mass is 393 g/mol. The van der Waals surface area contributed by atoms with Gasteiger partial charge in [-0.3, -0.25) is 4.79 Å². The van der Waals surface area contributed by atoms with Gasteiger partial charge in [0.15, 0.2) is 5.75 Å². The minimum Gasteiger partial charge on any atom is -0.497 e. The third kappa shape index (κ3) is 2.73. The molecule has 0 aliphatic carbocycles. The van der Waals surface area contributed by atoms with Gasteiger partial charge in [0.05, 0.1) is 12.6 Å². The van der Waals surface area contributed by atoms with Crippen LogP contribution in [0.15, 0.2) is 53.3 Å². The molecule has 1 N–H and O–H groups in total. The van der Waals surface area contributed by atoms with Crippen molar-refractivity contribution in [2.45, 2.75) is 0 Å². The number of nitrogens with one attached hydrogen (secondary N) is 1. The van der Waals surface area contributed by atoms with Crippen molar-refractivity contribution in [3.05, 3.63) is 62.5 Å². The third-order valence-electron chi connectivity index (χ3n) is 3.08. The van der Waals surface area contributed by atoms with Crippen LogP contribution in [0.4, 0.5) is 0 Å². The number of aromatic amines is 1. The molecule has 2 aromatic carbocycles. The number of benzene rings is 2. The van der Waals surface area contributed by atoms with Gasteiger partial charge in [-0.05, 0) is 46.9 Å². The maximum atomic E-state index is 12.1. The Balaban J connectivity index is 2.20. The second-order valence-corrected chi connectivity index (χ2v) is 5.50. The summed E-state index contributed by atoms with van der Waals surface area (Å²) < 4.78 is 11.6. The zero-order valence-corrected chi connectivity index (χ0v) is 13.4.